The molecule has 6 nitrogen and oxygen atoms in total. The summed E-state index contributed by atoms with van der Waals surface area (Å²) in [7, 11) is 1.54. The molecule has 0 bridgehead atoms. The number of methoxy groups -OCH3 is 1. The van der Waals surface area contributed by atoms with E-state index in [0.717, 1.165) is 10.0 Å². The van der Waals surface area contributed by atoms with E-state index in [9.17, 15) is 9.59 Å². The second-order valence-electron chi connectivity index (χ2n) is 6.93. The van der Waals surface area contributed by atoms with Crippen LogP contribution in [0.1, 0.15) is 25.0 Å². The second-order valence-corrected chi connectivity index (χ2v) is 8.24. The summed E-state index contributed by atoms with van der Waals surface area (Å²) in [6, 6.07) is 10.8. The summed E-state index contributed by atoms with van der Waals surface area (Å²) >= 11 is 8.70. The first-order valence-corrected chi connectivity index (χ1v) is 10.4. The molecule has 1 fully saturated rings. The molecule has 0 unspecified atom stereocenters. The van der Waals surface area contributed by atoms with Crippen LogP contribution in [0.15, 0.2) is 46.4 Å². The first kappa shape index (κ1) is 22.0. The smallest absolute Gasteiger partial charge is 0.270 e. The zero-order valence-corrected chi connectivity index (χ0v) is 19.4. The molecule has 1 N–H and O–H groups in total. The van der Waals surface area contributed by atoms with Gasteiger partial charge in [0.1, 0.15) is 5.57 Å². The summed E-state index contributed by atoms with van der Waals surface area (Å²) in [5.74, 6) is -0.0951. The van der Waals surface area contributed by atoms with E-state index in [1.807, 2.05) is 32.9 Å². The monoisotopic (exact) mass is 488 g/mol. The summed E-state index contributed by atoms with van der Waals surface area (Å²) in [5.41, 5.74) is 1.94. The molecule has 0 saturated carbocycles. The zero-order chi connectivity index (χ0) is 22.0. The maximum Gasteiger partial charge on any atom is 0.270 e. The minimum absolute atomic E-state index is 0.0388. The fraction of sp³-hybridized carbons (Fsp3) is 0.227. The van der Waals surface area contributed by atoms with Gasteiger partial charge < -0.3 is 9.47 Å². The highest BCUT2D eigenvalue weighted by atomic mass is 79.9. The van der Waals surface area contributed by atoms with E-state index in [0.29, 0.717) is 22.7 Å². The third kappa shape index (κ3) is 4.39. The molecule has 2 amide bonds. The van der Waals surface area contributed by atoms with E-state index in [1.54, 1.807) is 24.3 Å². The summed E-state index contributed by atoms with van der Waals surface area (Å²) in [6.07, 6.45) is 1.38. The molecule has 1 heterocycles. The average Bonchev–Trinajstić information content (AvgIpc) is 2.67. The van der Waals surface area contributed by atoms with Crippen LogP contribution in [0.4, 0.5) is 5.69 Å². The van der Waals surface area contributed by atoms with E-state index in [2.05, 4.69) is 21.2 Å². The molecule has 0 radical (unpaired) electrons. The largest absolute Gasteiger partial charge is 0.493 e. The predicted molar refractivity (Wildman–Crippen MR) is 124 cm³/mol. The van der Waals surface area contributed by atoms with Gasteiger partial charge in [-0.1, -0.05) is 28.1 Å². The van der Waals surface area contributed by atoms with Crippen molar-refractivity contribution in [3.63, 3.8) is 0 Å². The van der Waals surface area contributed by atoms with Crippen LogP contribution in [0.3, 0.4) is 0 Å². The number of hydrogen-bond acceptors (Lipinski definition) is 5. The Morgan fingerprint density at radius 2 is 1.93 bits per heavy atom. The normalized spacial score (nSPS) is 15.6. The summed E-state index contributed by atoms with van der Waals surface area (Å²) in [5, 5.41) is 2.64. The Morgan fingerprint density at radius 3 is 2.57 bits per heavy atom. The lowest BCUT2D eigenvalue weighted by atomic mass is 10.0. The number of carbonyl (C=O) groups excluding carboxylic acids is 2. The topological polar surface area (TPSA) is 67.9 Å². The highest BCUT2D eigenvalue weighted by Crippen LogP contribution is 2.34. The lowest BCUT2D eigenvalue weighted by molar-refractivity contribution is -0.122. The molecule has 2 aromatic rings. The van der Waals surface area contributed by atoms with Gasteiger partial charge in [0, 0.05) is 10.0 Å². The van der Waals surface area contributed by atoms with Crippen molar-refractivity contribution in [2.24, 2.45) is 0 Å². The number of para-hydroxylation sites is 1. The molecule has 0 spiro atoms. The first-order chi connectivity index (χ1) is 14.2. The number of hydrogen-bond donors (Lipinski definition) is 1. The van der Waals surface area contributed by atoms with E-state index in [1.165, 1.54) is 18.1 Å². The van der Waals surface area contributed by atoms with Gasteiger partial charge in [-0.25, -0.2) is 0 Å². The highest BCUT2D eigenvalue weighted by Gasteiger charge is 2.35. The van der Waals surface area contributed by atoms with Crippen molar-refractivity contribution >= 4 is 56.8 Å². The van der Waals surface area contributed by atoms with Crippen LogP contribution in [-0.4, -0.2) is 30.1 Å². The third-order valence-corrected chi connectivity index (χ3v) is 5.16. The van der Waals surface area contributed by atoms with Gasteiger partial charge in [0.05, 0.1) is 18.9 Å². The van der Waals surface area contributed by atoms with Gasteiger partial charge in [0.15, 0.2) is 16.6 Å². The van der Waals surface area contributed by atoms with Gasteiger partial charge in [-0.15, -0.1) is 0 Å². The van der Waals surface area contributed by atoms with Crippen molar-refractivity contribution in [3.8, 4) is 11.5 Å². The van der Waals surface area contributed by atoms with Crippen LogP contribution >= 0.6 is 28.1 Å². The molecule has 156 valence electrons. The SMILES string of the molecule is COc1cccc(C=C2C(=O)NC(=S)N(c3ccc(Br)cc3C)C2=O)c1OC(C)C. The Balaban J connectivity index is 2.09. The molecular weight excluding hydrogens is 468 g/mol. The third-order valence-electron chi connectivity index (χ3n) is 4.38. The summed E-state index contributed by atoms with van der Waals surface area (Å²) in [6.45, 7) is 5.64. The highest BCUT2D eigenvalue weighted by molar-refractivity contribution is 9.10. The van der Waals surface area contributed by atoms with Crippen molar-refractivity contribution in [2.45, 2.75) is 26.9 Å². The second kappa shape index (κ2) is 8.97. The lowest BCUT2D eigenvalue weighted by Crippen LogP contribution is -2.54. The van der Waals surface area contributed by atoms with Crippen LogP contribution in [0.5, 0.6) is 11.5 Å². The quantitative estimate of drug-likeness (QED) is 0.384. The summed E-state index contributed by atoms with van der Waals surface area (Å²) < 4.78 is 12.2. The van der Waals surface area contributed by atoms with E-state index in [4.69, 9.17) is 21.7 Å². The maximum atomic E-state index is 13.3. The average molecular weight is 489 g/mol. The van der Waals surface area contributed by atoms with Crippen molar-refractivity contribution in [3.05, 3.63) is 57.6 Å². The van der Waals surface area contributed by atoms with Crippen LogP contribution in [0.2, 0.25) is 0 Å². The maximum absolute atomic E-state index is 13.3. The molecule has 1 aliphatic rings. The van der Waals surface area contributed by atoms with Crippen molar-refractivity contribution in [2.75, 3.05) is 12.0 Å². The molecule has 1 aliphatic heterocycles. The zero-order valence-electron chi connectivity index (χ0n) is 17.0. The number of aryl methyl sites for hydroxylation is 1. The van der Waals surface area contributed by atoms with E-state index in [-0.39, 0.29) is 16.8 Å². The van der Waals surface area contributed by atoms with Crippen LogP contribution in [0.25, 0.3) is 6.08 Å². The molecule has 0 aromatic heterocycles. The minimum Gasteiger partial charge on any atom is -0.493 e. The predicted octanol–water partition coefficient (Wildman–Crippen LogP) is 4.38. The van der Waals surface area contributed by atoms with Crippen LogP contribution < -0.4 is 19.7 Å². The molecule has 2 aromatic carbocycles. The Kier molecular flexibility index (Phi) is 6.58. The fourth-order valence-corrected chi connectivity index (χ4v) is 3.82. The first-order valence-electron chi connectivity index (χ1n) is 9.24. The van der Waals surface area contributed by atoms with Gasteiger partial charge in [-0.2, -0.15) is 0 Å². The number of nitrogens with zero attached hydrogens (tertiary/aromatic N) is 1. The Hall–Kier alpha value is -2.71. The van der Waals surface area contributed by atoms with E-state index < -0.39 is 11.8 Å². The Bertz CT molecular complexity index is 1070. The van der Waals surface area contributed by atoms with Crippen molar-refractivity contribution in [1.29, 1.82) is 0 Å². The molecule has 3 rings (SSSR count). The number of anilines is 1. The minimum atomic E-state index is -0.561. The van der Waals surface area contributed by atoms with Gasteiger partial charge in [-0.05, 0) is 68.9 Å². The summed E-state index contributed by atoms with van der Waals surface area (Å²) in [4.78, 5) is 27.3. The standard InChI is InChI=1S/C22H21BrN2O4S/c1-12(2)29-19-14(6-5-7-18(19)28-4)11-16-20(26)24-22(30)25(21(16)27)17-9-8-15(23)10-13(17)3/h5-12H,1-4H3,(H,24,26,30). The molecule has 1 saturated heterocycles. The number of rotatable bonds is 5. The van der Waals surface area contributed by atoms with Crippen LogP contribution in [0, 0.1) is 6.92 Å². The Labute approximate surface area is 189 Å². The van der Waals surface area contributed by atoms with E-state index >= 15 is 0 Å². The van der Waals surface area contributed by atoms with Gasteiger partial charge >= 0.3 is 0 Å². The van der Waals surface area contributed by atoms with Gasteiger partial charge in [0.2, 0.25) is 0 Å². The molecule has 30 heavy (non-hydrogen) atoms. The van der Waals surface area contributed by atoms with Gasteiger partial charge in [-0.3, -0.25) is 19.8 Å². The molecule has 0 aliphatic carbocycles. The molecular formula is C22H21BrN2O4S. The number of thiocarbonyl (C=S) groups is 1. The number of carbonyl (C=O) groups is 2. The number of benzene rings is 2. The van der Waals surface area contributed by atoms with Crippen LogP contribution in [-0.2, 0) is 9.59 Å². The number of halogens is 1. The van der Waals surface area contributed by atoms with Gasteiger partial charge in [0.25, 0.3) is 11.8 Å². The molecule has 8 heteroatoms. The number of amides is 2. The number of nitrogens with one attached hydrogen (secondary N) is 1. The fourth-order valence-electron chi connectivity index (χ4n) is 3.07. The molecule has 0 atom stereocenters. The lowest BCUT2D eigenvalue weighted by Gasteiger charge is -2.30. The van der Waals surface area contributed by atoms with Crippen molar-refractivity contribution in [1.82, 2.24) is 5.32 Å². The number of ether oxygens (including phenoxy) is 2. The van der Waals surface area contributed by atoms with Crippen molar-refractivity contribution < 1.29 is 19.1 Å². The Morgan fingerprint density at radius 1 is 1.20 bits per heavy atom.